The van der Waals surface area contributed by atoms with Crippen molar-refractivity contribution in [1.29, 1.82) is 5.41 Å². The number of nitrogens with two attached hydrogens (primary N) is 1. The molecule has 1 fully saturated rings. The van der Waals surface area contributed by atoms with Crippen molar-refractivity contribution in [1.82, 2.24) is 4.90 Å². The van der Waals surface area contributed by atoms with Gasteiger partial charge in [-0.3, -0.25) is 10.3 Å². The van der Waals surface area contributed by atoms with E-state index in [4.69, 9.17) is 11.1 Å². The van der Waals surface area contributed by atoms with Crippen LogP contribution in [0, 0.1) is 5.41 Å². The van der Waals surface area contributed by atoms with Gasteiger partial charge in [0.15, 0.2) is 0 Å². The minimum atomic E-state index is 0.151. The van der Waals surface area contributed by atoms with Crippen LogP contribution < -0.4 is 5.73 Å². The van der Waals surface area contributed by atoms with Crippen LogP contribution in [0.4, 0.5) is 0 Å². The molecule has 0 amide bonds. The van der Waals surface area contributed by atoms with Crippen molar-refractivity contribution in [2.24, 2.45) is 5.73 Å². The van der Waals surface area contributed by atoms with E-state index in [9.17, 15) is 0 Å². The maximum atomic E-state index is 7.50. The SMILES string of the molecule is CCC1CCC(C)N1Cc1cccc(C(=N)N)c1. The van der Waals surface area contributed by atoms with Gasteiger partial charge in [0, 0.05) is 24.2 Å². The third-order valence-electron chi connectivity index (χ3n) is 4.03. The van der Waals surface area contributed by atoms with Gasteiger partial charge in [0.05, 0.1) is 0 Å². The summed E-state index contributed by atoms with van der Waals surface area (Å²) in [6, 6.07) is 9.44. The van der Waals surface area contributed by atoms with Gasteiger partial charge in [0.2, 0.25) is 0 Å². The van der Waals surface area contributed by atoms with Gasteiger partial charge in [-0.25, -0.2) is 0 Å². The third-order valence-corrected chi connectivity index (χ3v) is 4.03. The van der Waals surface area contributed by atoms with E-state index in [1.807, 2.05) is 18.2 Å². The average Bonchev–Trinajstić information content (AvgIpc) is 2.71. The molecule has 0 aliphatic carbocycles. The van der Waals surface area contributed by atoms with Crippen molar-refractivity contribution in [2.75, 3.05) is 0 Å². The van der Waals surface area contributed by atoms with Crippen LogP contribution >= 0.6 is 0 Å². The second kappa shape index (κ2) is 5.53. The van der Waals surface area contributed by atoms with E-state index in [1.165, 1.54) is 24.8 Å². The minimum Gasteiger partial charge on any atom is -0.384 e. The Bertz CT molecular complexity index is 428. The third kappa shape index (κ3) is 2.72. The molecule has 1 heterocycles. The largest absolute Gasteiger partial charge is 0.384 e. The summed E-state index contributed by atoms with van der Waals surface area (Å²) in [5.74, 6) is 0.151. The smallest absolute Gasteiger partial charge is 0.122 e. The molecule has 3 heteroatoms. The van der Waals surface area contributed by atoms with Crippen molar-refractivity contribution in [3.05, 3.63) is 35.4 Å². The first kappa shape index (κ1) is 13.1. The van der Waals surface area contributed by atoms with Crippen molar-refractivity contribution in [2.45, 2.75) is 51.7 Å². The lowest BCUT2D eigenvalue weighted by Gasteiger charge is -2.27. The lowest BCUT2D eigenvalue weighted by Crippen LogP contribution is -2.33. The van der Waals surface area contributed by atoms with E-state index < -0.39 is 0 Å². The zero-order valence-electron chi connectivity index (χ0n) is 11.3. The molecule has 1 aromatic carbocycles. The number of nitrogens with zero attached hydrogens (tertiary/aromatic N) is 1. The molecule has 1 aliphatic rings. The van der Waals surface area contributed by atoms with Crippen molar-refractivity contribution in [3.8, 4) is 0 Å². The van der Waals surface area contributed by atoms with Crippen LogP contribution in [0.5, 0.6) is 0 Å². The van der Waals surface area contributed by atoms with Gasteiger partial charge in [-0.1, -0.05) is 25.1 Å². The summed E-state index contributed by atoms with van der Waals surface area (Å²) in [7, 11) is 0. The Kier molecular flexibility index (Phi) is 4.02. The van der Waals surface area contributed by atoms with Gasteiger partial charge >= 0.3 is 0 Å². The Morgan fingerprint density at radius 3 is 2.89 bits per heavy atom. The quantitative estimate of drug-likeness (QED) is 0.633. The van der Waals surface area contributed by atoms with Crippen LogP contribution in [-0.2, 0) is 6.54 Å². The highest BCUT2D eigenvalue weighted by Gasteiger charge is 2.28. The van der Waals surface area contributed by atoms with E-state index in [0.29, 0.717) is 12.1 Å². The molecule has 1 aromatic rings. The van der Waals surface area contributed by atoms with Crippen LogP contribution in [0.15, 0.2) is 24.3 Å². The fourth-order valence-corrected chi connectivity index (χ4v) is 2.90. The number of likely N-dealkylation sites (tertiary alicyclic amines) is 1. The number of benzene rings is 1. The fourth-order valence-electron chi connectivity index (χ4n) is 2.90. The van der Waals surface area contributed by atoms with Gasteiger partial charge in [-0.2, -0.15) is 0 Å². The predicted octanol–water partition coefficient (Wildman–Crippen LogP) is 2.73. The lowest BCUT2D eigenvalue weighted by molar-refractivity contribution is 0.189. The fraction of sp³-hybridized carbons (Fsp3) is 0.533. The van der Waals surface area contributed by atoms with Crippen molar-refractivity contribution < 1.29 is 0 Å². The summed E-state index contributed by atoms with van der Waals surface area (Å²) in [6.45, 7) is 5.55. The number of hydrogen-bond acceptors (Lipinski definition) is 2. The van der Waals surface area contributed by atoms with Crippen LogP contribution in [0.1, 0.15) is 44.2 Å². The summed E-state index contributed by atoms with van der Waals surface area (Å²) in [6.07, 6.45) is 3.83. The minimum absolute atomic E-state index is 0.151. The first-order valence-corrected chi connectivity index (χ1v) is 6.81. The molecule has 2 unspecified atom stereocenters. The Morgan fingerprint density at radius 1 is 1.44 bits per heavy atom. The van der Waals surface area contributed by atoms with Crippen molar-refractivity contribution in [3.63, 3.8) is 0 Å². The molecule has 98 valence electrons. The number of amidine groups is 1. The first-order chi connectivity index (χ1) is 8.61. The maximum absolute atomic E-state index is 7.50. The Balaban J connectivity index is 2.13. The van der Waals surface area contributed by atoms with Crippen molar-refractivity contribution >= 4 is 5.84 Å². The van der Waals surface area contributed by atoms with E-state index >= 15 is 0 Å². The normalized spacial score (nSPS) is 24.3. The maximum Gasteiger partial charge on any atom is 0.122 e. The highest BCUT2D eigenvalue weighted by Crippen LogP contribution is 2.27. The molecule has 0 spiro atoms. The molecule has 0 bridgehead atoms. The highest BCUT2D eigenvalue weighted by molar-refractivity contribution is 5.95. The number of nitrogen functional groups attached to an aromatic ring is 1. The average molecular weight is 245 g/mol. The summed E-state index contributed by atoms with van der Waals surface area (Å²) in [4.78, 5) is 2.58. The molecule has 2 rings (SSSR count). The molecule has 3 nitrogen and oxygen atoms in total. The van der Waals surface area contributed by atoms with E-state index in [0.717, 1.165) is 12.1 Å². The molecule has 0 radical (unpaired) electrons. The second-order valence-electron chi connectivity index (χ2n) is 5.27. The second-order valence-corrected chi connectivity index (χ2v) is 5.27. The van der Waals surface area contributed by atoms with E-state index in [1.54, 1.807) is 0 Å². The van der Waals surface area contributed by atoms with Crippen LogP contribution in [0.2, 0.25) is 0 Å². The zero-order chi connectivity index (χ0) is 13.1. The van der Waals surface area contributed by atoms with Crippen LogP contribution in [0.3, 0.4) is 0 Å². The first-order valence-electron chi connectivity index (χ1n) is 6.81. The van der Waals surface area contributed by atoms with Crippen LogP contribution in [-0.4, -0.2) is 22.8 Å². The van der Waals surface area contributed by atoms with Gasteiger partial charge in [-0.15, -0.1) is 0 Å². The Morgan fingerprint density at radius 2 is 2.22 bits per heavy atom. The van der Waals surface area contributed by atoms with E-state index in [-0.39, 0.29) is 5.84 Å². The molecule has 3 N–H and O–H groups in total. The predicted molar refractivity (Wildman–Crippen MR) is 75.8 cm³/mol. The summed E-state index contributed by atoms with van der Waals surface area (Å²) >= 11 is 0. The number of nitrogens with one attached hydrogen (secondary N) is 1. The molecule has 0 aromatic heterocycles. The molecule has 1 aliphatic heterocycles. The van der Waals surface area contributed by atoms with Gasteiger partial charge in [0.25, 0.3) is 0 Å². The molecule has 1 saturated heterocycles. The van der Waals surface area contributed by atoms with Gasteiger partial charge in [-0.05, 0) is 37.8 Å². The Hall–Kier alpha value is -1.35. The summed E-state index contributed by atoms with van der Waals surface area (Å²) < 4.78 is 0. The van der Waals surface area contributed by atoms with Gasteiger partial charge < -0.3 is 5.73 Å². The lowest BCUT2D eigenvalue weighted by atomic mass is 10.1. The highest BCUT2D eigenvalue weighted by atomic mass is 15.2. The molecule has 18 heavy (non-hydrogen) atoms. The number of rotatable bonds is 4. The standard InChI is InChI=1S/C15H23N3/c1-3-14-8-7-11(2)18(14)10-12-5-4-6-13(9-12)15(16)17/h4-6,9,11,14H,3,7-8,10H2,1-2H3,(H3,16,17). The topological polar surface area (TPSA) is 53.1 Å². The molecular formula is C15H23N3. The molecular weight excluding hydrogens is 222 g/mol. The van der Waals surface area contributed by atoms with E-state index in [2.05, 4.69) is 24.8 Å². The monoisotopic (exact) mass is 245 g/mol. The summed E-state index contributed by atoms with van der Waals surface area (Å²) in [5, 5.41) is 7.50. The molecule has 2 atom stereocenters. The molecule has 0 saturated carbocycles. The van der Waals surface area contributed by atoms with Gasteiger partial charge in [0.1, 0.15) is 5.84 Å². The zero-order valence-corrected chi connectivity index (χ0v) is 11.3. The number of hydrogen-bond donors (Lipinski definition) is 2. The summed E-state index contributed by atoms with van der Waals surface area (Å²) in [5.41, 5.74) is 7.63. The van der Waals surface area contributed by atoms with Crippen LogP contribution in [0.25, 0.3) is 0 Å². The Labute approximate surface area is 109 Å².